The van der Waals surface area contributed by atoms with Gasteiger partial charge in [-0.3, -0.25) is 9.88 Å². The van der Waals surface area contributed by atoms with Crippen molar-refractivity contribution in [2.45, 2.75) is 58.2 Å². The minimum Gasteiger partial charge on any atom is -0.326 e. The number of pyridine rings is 1. The summed E-state index contributed by atoms with van der Waals surface area (Å²) in [5.41, 5.74) is 7.53. The Hall–Kier alpha value is -0.930. The van der Waals surface area contributed by atoms with Gasteiger partial charge in [0.25, 0.3) is 0 Å². The van der Waals surface area contributed by atoms with Gasteiger partial charge in [-0.25, -0.2) is 0 Å². The molecule has 1 aromatic heterocycles. The lowest BCUT2D eigenvalue weighted by molar-refractivity contribution is 0.150. The Bertz CT molecular complexity index is 326. The molecule has 18 heavy (non-hydrogen) atoms. The van der Waals surface area contributed by atoms with Crippen LogP contribution in [0, 0.1) is 0 Å². The third-order valence-electron chi connectivity index (χ3n) is 3.74. The quantitative estimate of drug-likeness (QED) is 0.808. The number of likely N-dealkylation sites (N-methyl/N-ethyl adjacent to an activating group) is 1. The molecule has 1 aromatic rings. The number of hydrogen-bond acceptors (Lipinski definition) is 3. The van der Waals surface area contributed by atoms with Crippen molar-refractivity contribution in [2.75, 3.05) is 7.05 Å². The fourth-order valence-electron chi connectivity index (χ4n) is 2.45. The summed E-state index contributed by atoms with van der Waals surface area (Å²) in [6.07, 6.45) is 7.13. The average molecular weight is 249 g/mol. The molecule has 102 valence electrons. The van der Waals surface area contributed by atoms with Gasteiger partial charge in [0, 0.05) is 24.5 Å². The van der Waals surface area contributed by atoms with Gasteiger partial charge in [0.15, 0.2) is 0 Å². The summed E-state index contributed by atoms with van der Waals surface area (Å²) in [5, 5.41) is 0. The first-order valence-corrected chi connectivity index (χ1v) is 6.99. The van der Waals surface area contributed by atoms with Crippen molar-refractivity contribution in [3.05, 3.63) is 30.1 Å². The van der Waals surface area contributed by atoms with Crippen LogP contribution in [-0.4, -0.2) is 29.0 Å². The number of nitrogens with zero attached hydrogens (tertiary/aromatic N) is 2. The summed E-state index contributed by atoms with van der Waals surface area (Å²) in [5.74, 6) is 0. The highest BCUT2D eigenvalue weighted by molar-refractivity contribution is 5.16. The van der Waals surface area contributed by atoms with Gasteiger partial charge < -0.3 is 5.73 Å². The molecular weight excluding hydrogens is 222 g/mol. The molecule has 1 heterocycles. The first-order chi connectivity index (χ1) is 8.61. The normalized spacial score (nSPS) is 16.6. The monoisotopic (exact) mass is 249 g/mol. The van der Waals surface area contributed by atoms with E-state index in [2.05, 4.69) is 43.8 Å². The Kier molecular flexibility index (Phi) is 6.30. The molecule has 3 heteroatoms. The van der Waals surface area contributed by atoms with Gasteiger partial charge in [-0.1, -0.05) is 26.3 Å². The smallest absolute Gasteiger partial charge is 0.0514 e. The minimum absolute atomic E-state index is 0.151. The van der Waals surface area contributed by atoms with Crippen LogP contribution >= 0.6 is 0 Å². The summed E-state index contributed by atoms with van der Waals surface area (Å²) in [7, 11) is 2.17. The standard InChI is InChI=1S/C15H27N3/c1-5-8-12(3)18(4)15(14(16)6-2)13-9-7-10-17-11-13/h7,9-12,14-15H,5-6,8,16H2,1-4H3. The zero-order valence-corrected chi connectivity index (χ0v) is 12.1. The van der Waals surface area contributed by atoms with E-state index in [1.807, 2.05) is 18.5 Å². The van der Waals surface area contributed by atoms with Crippen LogP contribution in [0.2, 0.25) is 0 Å². The molecule has 2 N–H and O–H groups in total. The Morgan fingerprint density at radius 2 is 2.11 bits per heavy atom. The van der Waals surface area contributed by atoms with Crippen LogP contribution < -0.4 is 5.73 Å². The molecule has 0 amide bonds. The Balaban J connectivity index is 2.92. The van der Waals surface area contributed by atoms with E-state index in [9.17, 15) is 0 Å². The number of rotatable bonds is 7. The van der Waals surface area contributed by atoms with Crippen LogP contribution in [-0.2, 0) is 0 Å². The van der Waals surface area contributed by atoms with Gasteiger partial charge in [-0.15, -0.1) is 0 Å². The molecule has 0 fully saturated rings. The first-order valence-electron chi connectivity index (χ1n) is 6.99. The van der Waals surface area contributed by atoms with Crippen molar-refractivity contribution >= 4 is 0 Å². The first kappa shape index (κ1) is 15.1. The topological polar surface area (TPSA) is 42.2 Å². The molecule has 0 radical (unpaired) electrons. The van der Waals surface area contributed by atoms with Crippen LogP contribution in [0.3, 0.4) is 0 Å². The van der Waals surface area contributed by atoms with Crippen molar-refractivity contribution in [2.24, 2.45) is 5.73 Å². The van der Waals surface area contributed by atoms with Gasteiger partial charge in [0.1, 0.15) is 0 Å². The zero-order chi connectivity index (χ0) is 13.5. The highest BCUT2D eigenvalue weighted by Crippen LogP contribution is 2.26. The molecule has 0 spiro atoms. The predicted octanol–water partition coefficient (Wildman–Crippen LogP) is 2.98. The van der Waals surface area contributed by atoms with E-state index >= 15 is 0 Å². The Morgan fingerprint density at radius 3 is 2.61 bits per heavy atom. The van der Waals surface area contributed by atoms with Crippen molar-refractivity contribution in [3.63, 3.8) is 0 Å². The summed E-state index contributed by atoms with van der Waals surface area (Å²) in [6, 6.07) is 5.06. The van der Waals surface area contributed by atoms with E-state index in [1.165, 1.54) is 18.4 Å². The van der Waals surface area contributed by atoms with Crippen molar-refractivity contribution in [3.8, 4) is 0 Å². The van der Waals surface area contributed by atoms with Crippen LogP contribution in [0.1, 0.15) is 51.6 Å². The highest BCUT2D eigenvalue weighted by atomic mass is 15.2. The molecule has 0 aliphatic carbocycles. The van der Waals surface area contributed by atoms with E-state index in [4.69, 9.17) is 5.73 Å². The van der Waals surface area contributed by atoms with E-state index in [-0.39, 0.29) is 12.1 Å². The second-order valence-corrected chi connectivity index (χ2v) is 5.11. The molecule has 3 unspecified atom stereocenters. The molecule has 0 saturated heterocycles. The van der Waals surface area contributed by atoms with E-state index in [1.54, 1.807) is 0 Å². The number of nitrogens with two attached hydrogens (primary N) is 1. The van der Waals surface area contributed by atoms with Crippen LogP contribution in [0.15, 0.2) is 24.5 Å². The lowest BCUT2D eigenvalue weighted by Gasteiger charge is -2.36. The fourth-order valence-corrected chi connectivity index (χ4v) is 2.45. The second-order valence-electron chi connectivity index (χ2n) is 5.11. The molecule has 0 aliphatic rings. The summed E-state index contributed by atoms with van der Waals surface area (Å²) >= 11 is 0. The van der Waals surface area contributed by atoms with Gasteiger partial charge in [-0.2, -0.15) is 0 Å². The number of aromatic nitrogens is 1. The maximum absolute atomic E-state index is 6.31. The van der Waals surface area contributed by atoms with Gasteiger partial charge >= 0.3 is 0 Å². The fraction of sp³-hybridized carbons (Fsp3) is 0.667. The largest absolute Gasteiger partial charge is 0.326 e. The second kappa shape index (κ2) is 7.49. The van der Waals surface area contributed by atoms with Crippen LogP contribution in [0.4, 0.5) is 0 Å². The summed E-state index contributed by atoms with van der Waals surface area (Å²) in [4.78, 5) is 6.63. The maximum Gasteiger partial charge on any atom is 0.0514 e. The van der Waals surface area contributed by atoms with Gasteiger partial charge in [0.2, 0.25) is 0 Å². The molecular formula is C15H27N3. The number of hydrogen-bond donors (Lipinski definition) is 1. The van der Waals surface area contributed by atoms with Gasteiger partial charge in [0.05, 0.1) is 6.04 Å². The SMILES string of the molecule is CCCC(C)N(C)C(c1cccnc1)C(N)CC. The average Bonchev–Trinajstić information content (AvgIpc) is 2.40. The molecule has 0 bridgehead atoms. The van der Waals surface area contributed by atoms with Crippen molar-refractivity contribution in [1.82, 2.24) is 9.88 Å². The minimum atomic E-state index is 0.151. The van der Waals surface area contributed by atoms with E-state index < -0.39 is 0 Å². The van der Waals surface area contributed by atoms with Crippen molar-refractivity contribution in [1.29, 1.82) is 0 Å². The maximum atomic E-state index is 6.31. The highest BCUT2D eigenvalue weighted by Gasteiger charge is 2.26. The zero-order valence-electron chi connectivity index (χ0n) is 12.1. The lowest BCUT2D eigenvalue weighted by atomic mass is 9.96. The van der Waals surface area contributed by atoms with Crippen LogP contribution in [0.25, 0.3) is 0 Å². The molecule has 0 aromatic carbocycles. The van der Waals surface area contributed by atoms with E-state index in [0.29, 0.717) is 6.04 Å². The lowest BCUT2D eigenvalue weighted by Crippen LogP contribution is -2.43. The molecule has 0 aliphatic heterocycles. The van der Waals surface area contributed by atoms with Crippen molar-refractivity contribution < 1.29 is 0 Å². The Morgan fingerprint density at radius 1 is 1.39 bits per heavy atom. The summed E-state index contributed by atoms with van der Waals surface area (Å²) < 4.78 is 0. The third-order valence-corrected chi connectivity index (χ3v) is 3.74. The van der Waals surface area contributed by atoms with Crippen LogP contribution in [0.5, 0.6) is 0 Å². The summed E-state index contributed by atoms with van der Waals surface area (Å²) in [6.45, 7) is 6.64. The molecule has 0 saturated carbocycles. The molecule has 3 nitrogen and oxygen atoms in total. The van der Waals surface area contributed by atoms with E-state index in [0.717, 1.165) is 6.42 Å². The Labute approximate surface area is 111 Å². The molecule has 3 atom stereocenters. The third kappa shape index (κ3) is 3.79. The predicted molar refractivity (Wildman–Crippen MR) is 77.4 cm³/mol. The molecule has 1 rings (SSSR count). The van der Waals surface area contributed by atoms with Gasteiger partial charge in [-0.05, 0) is 38.4 Å².